The molecule has 0 aromatic carbocycles. The molecule has 0 spiro atoms. The van der Waals surface area contributed by atoms with E-state index in [1.54, 1.807) is 0 Å². The zero-order valence-electron chi connectivity index (χ0n) is 13.1. The molecule has 0 bridgehead atoms. The Balaban J connectivity index is 2.90. The van der Waals surface area contributed by atoms with Crippen molar-refractivity contribution in [3.63, 3.8) is 0 Å². The van der Waals surface area contributed by atoms with E-state index in [2.05, 4.69) is 0 Å². The second-order valence-corrected chi connectivity index (χ2v) is 6.18. The van der Waals surface area contributed by atoms with Crippen molar-refractivity contribution in [2.75, 3.05) is 7.11 Å². The van der Waals surface area contributed by atoms with Crippen molar-refractivity contribution in [3.8, 4) is 0 Å². The molecule has 2 N–H and O–H groups in total. The Kier molecular flexibility index (Phi) is 5.74. The first-order valence-corrected chi connectivity index (χ1v) is 7.16. The Morgan fingerprint density at radius 1 is 1.35 bits per heavy atom. The van der Waals surface area contributed by atoms with E-state index >= 15 is 0 Å². The summed E-state index contributed by atoms with van der Waals surface area (Å²) in [5, 5.41) is 0. The highest BCUT2D eigenvalue weighted by Gasteiger charge is 2.40. The lowest BCUT2D eigenvalue weighted by Crippen LogP contribution is -2.49. The molecular weight excluding hydrogens is 256 g/mol. The van der Waals surface area contributed by atoms with Crippen molar-refractivity contribution >= 4 is 11.8 Å². The Labute approximate surface area is 121 Å². The van der Waals surface area contributed by atoms with Crippen LogP contribution in [0.2, 0.25) is 0 Å². The second-order valence-electron chi connectivity index (χ2n) is 6.18. The highest BCUT2D eigenvalue weighted by Crippen LogP contribution is 2.27. The van der Waals surface area contributed by atoms with Crippen LogP contribution in [0.4, 0.5) is 0 Å². The SMILES string of the molecule is COC1=CC(=O)N(C(=O)C(N)CC(C)C)[C@H]1CC(C)C. The average Bonchev–Trinajstić information content (AvgIpc) is 2.63. The molecule has 0 saturated carbocycles. The van der Waals surface area contributed by atoms with Gasteiger partial charge in [-0.15, -0.1) is 0 Å². The smallest absolute Gasteiger partial charge is 0.257 e. The second kappa shape index (κ2) is 6.88. The lowest BCUT2D eigenvalue weighted by atomic mass is 10.00. The summed E-state index contributed by atoms with van der Waals surface area (Å²) in [6, 6.07) is -0.962. The summed E-state index contributed by atoms with van der Waals surface area (Å²) in [6.45, 7) is 8.10. The number of rotatable bonds is 6. The van der Waals surface area contributed by atoms with Gasteiger partial charge in [-0.25, -0.2) is 0 Å². The predicted octanol–water partition coefficient (Wildman–Crippen LogP) is 1.67. The molecule has 1 aliphatic heterocycles. The highest BCUT2D eigenvalue weighted by molar-refractivity contribution is 6.05. The van der Waals surface area contributed by atoms with E-state index in [0.717, 1.165) is 0 Å². The molecule has 0 radical (unpaired) electrons. The van der Waals surface area contributed by atoms with E-state index < -0.39 is 6.04 Å². The lowest BCUT2D eigenvalue weighted by Gasteiger charge is -2.28. The van der Waals surface area contributed by atoms with Gasteiger partial charge in [0.2, 0.25) is 5.91 Å². The highest BCUT2D eigenvalue weighted by atomic mass is 16.5. The molecular formula is C15H26N2O3. The van der Waals surface area contributed by atoms with E-state index in [1.807, 2.05) is 27.7 Å². The van der Waals surface area contributed by atoms with Crippen molar-refractivity contribution < 1.29 is 14.3 Å². The number of hydrogen-bond acceptors (Lipinski definition) is 4. The summed E-state index contributed by atoms with van der Waals surface area (Å²) in [7, 11) is 1.52. The zero-order valence-corrected chi connectivity index (χ0v) is 13.1. The number of carbonyl (C=O) groups excluding carboxylic acids is 2. The van der Waals surface area contributed by atoms with E-state index in [1.165, 1.54) is 18.1 Å². The van der Waals surface area contributed by atoms with E-state index in [-0.39, 0.29) is 17.9 Å². The van der Waals surface area contributed by atoms with Crippen LogP contribution >= 0.6 is 0 Å². The third-order valence-corrected chi connectivity index (χ3v) is 3.35. The van der Waals surface area contributed by atoms with Gasteiger partial charge in [-0.1, -0.05) is 27.7 Å². The van der Waals surface area contributed by atoms with Crippen LogP contribution in [-0.4, -0.2) is 35.9 Å². The molecule has 5 heteroatoms. The molecule has 0 saturated heterocycles. The van der Waals surface area contributed by atoms with Crippen LogP contribution in [0.1, 0.15) is 40.5 Å². The van der Waals surface area contributed by atoms with Crippen LogP contribution in [0.15, 0.2) is 11.8 Å². The summed E-state index contributed by atoms with van der Waals surface area (Å²) >= 11 is 0. The predicted molar refractivity (Wildman–Crippen MR) is 77.6 cm³/mol. The molecule has 1 aliphatic rings. The molecule has 2 amide bonds. The van der Waals surface area contributed by atoms with E-state index in [0.29, 0.717) is 30.4 Å². The van der Waals surface area contributed by atoms with Crippen molar-refractivity contribution in [1.29, 1.82) is 0 Å². The van der Waals surface area contributed by atoms with Gasteiger partial charge in [-0.2, -0.15) is 0 Å². The van der Waals surface area contributed by atoms with Gasteiger partial charge in [-0.3, -0.25) is 14.5 Å². The van der Waals surface area contributed by atoms with Crippen LogP contribution in [0.25, 0.3) is 0 Å². The maximum Gasteiger partial charge on any atom is 0.257 e. The number of carbonyl (C=O) groups is 2. The fraction of sp³-hybridized carbons (Fsp3) is 0.733. The first-order valence-electron chi connectivity index (χ1n) is 7.16. The van der Waals surface area contributed by atoms with Crippen LogP contribution in [-0.2, 0) is 14.3 Å². The number of amides is 2. The first kappa shape index (κ1) is 16.7. The monoisotopic (exact) mass is 282 g/mol. The Hall–Kier alpha value is -1.36. The zero-order chi connectivity index (χ0) is 15.4. The maximum absolute atomic E-state index is 12.4. The van der Waals surface area contributed by atoms with Crippen molar-refractivity contribution in [2.24, 2.45) is 17.6 Å². The van der Waals surface area contributed by atoms with Crippen LogP contribution in [0.5, 0.6) is 0 Å². The fourth-order valence-electron chi connectivity index (χ4n) is 2.48. The van der Waals surface area contributed by atoms with Crippen molar-refractivity contribution in [2.45, 2.75) is 52.6 Å². The maximum atomic E-state index is 12.4. The normalized spacial score (nSPS) is 20.6. The molecule has 0 aliphatic carbocycles. The first-order chi connectivity index (χ1) is 9.27. The number of hydrogen-bond donors (Lipinski definition) is 1. The lowest BCUT2D eigenvalue weighted by molar-refractivity contribution is -0.144. The van der Waals surface area contributed by atoms with Gasteiger partial charge >= 0.3 is 0 Å². The Bertz CT molecular complexity index is 402. The molecule has 1 heterocycles. The van der Waals surface area contributed by atoms with Crippen LogP contribution in [0, 0.1) is 11.8 Å². The minimum Gasteiger partial charge on any atom is -0.499 e. The summed E-state index contributed by atoms with van der Waals surface area (Å²) < 4.78 is 5.24. The third-order valence-electron chi connectivity index (χ3n) is 3.35. The summed E-state index contributed by atoms with van der Waals surface area (Å²) in [5.74, 6) is 0.578. The van der Waals surface area contributed by atoms with Gasteiger partial charge in [0.1, 0.15) is 5.76 Å². The standard InChI is InChI=1S/C15H26N2O3/c1-9(2)6-11(16)15(19)17-12(7-10(3)4)13(20-5)8-14(17)18/h8-12H,6-7,16H2,1-5H3/t11?,12-/m0/s1. The number of nitrogens with two attached hydrogens (primary N) is 1. The van der Waals surface area contributed by atoms with Gasteiger partial charge < -0.3 is 10.5 Å². The molecule has 0 fully saturated rings. The fourth-order valence-corrected chi connectivity index (χ4v) is 2.48. The Morgan fingerprint density at radius 2 is 1.95 bits per heavy atom. The number of imide groups is 1. The van der Waals surface area contributed by atoms with E-state index in [4.69, 9.17) is 10.5 Å². The largest absolute Gasteiger partial charge is 0.499 e. The van der Waals surface area contributed by atoms with Crippen LogP contribution < -0.4 is 5.73 Å². The van der Waals surface area contributed by atoms with Gasteiger partial charge in [0, 0.05) is 6.08 Å². The summed E-state index contributed by atoms with van der Waals surface area (Å²) in [4.78, 5) is 25.8. The third kappa shape index (κ3) is 3.82. The molecule has 5 nitrogen and oxygen atoms in total. The summed E-state index contributed by atoms with van der Waals surface area (Å²) in [6.07, 6.45) is 2.65. The Morgan fingerprint density at radius 3 is 2.40 bits per heavy atom. The van der Waals surface area contributed by atoms with Gasteiger partial charge in [0.15, 0.2) is 0 Å². The van der Waals surface area contributed by atoms with Crippen molar-refractivity contribution in [3.05, 3.63) is 11.8 Å². The number of methoxy groups -OCH3 is 1. The summed E-state index contributed by atoms with van der Waals surface area (Å²) in [5.41, 5.74) is 5.93. The minimum absolute atomic E-state index is 0.308. The molecule has 0 aromatic rings. The molecule has 114 valence electrons. The molecule has 1 unspecified atom stereocenters. The van der Waals surface area contributed by atoms with Gasteiger partial charge in [-0.05, 0) is 24.7 Å². The molecule has 20 heavy (non-hydrogen) atoms. The average molecular weight is 282 g/mol. The van der Waals surface area contributed by atoms with Crippen molar-refractivity contribution in [1.82, 2.24) is 4.90 Å². The molecule has 0 aromatic heterocycles. The molecule has 1 rings (SSSR count). The number of ether oxygens (including phenoxy) is 1. The van der Waals surface area contributed by atoms with Crippen LogP contribution in [0.3, 0.4) is 0 Å². The molecule has 2 atom stereocenters. The van der Waals surface area contributed by atoms with E-state index in [9.17, 15) is 9.59 Å². The number of nitrogens with zero attached hydrogens (tertiary/aromatic N) is 1. The minimum atomic E-state index is -0.641. The topological polar surface area (TPSA) is 72.6 Å². The van der Waals surface area contributed by atoms with Gasteiger partial charge in [0.25, 0.3) is 5.91 Å². The van der Waals surface area contributed by atoms with Gasteiger partial charge in [0.05, 0.1) is 19.2 Å². The quantitative estimate of drug-likeness (QED) is 0.804.